The van der Waals surface area contributed by atoms with E-state index >= 15 is 0 Å². The molecule has 1 aromatic heterocycles. The van der Waals surface area contributed by atoms with Gasteiger partial charge in [0.05, 0.1) is 12.2 Å². The van der Waals surface area contributed by atoms with E-state index < -0.39 is 0 Å². The summed E-state index contributed by atoms with van der Waals surface area (Å²) in [6.07, 6.45) is 4.69. The second kappa shape index (κ2) is 6.51. The third kappa shape index (κ3) is 2.74. The molecule has 3 aliphatic rings. The summed E-state index contributed by atoms with van der Waals surface area (Å²) >= 11 is 0. The lowest BCUT2D eigenvalue weighted by Crippen LogP contribution is -2.41. The van der Waals surface area contributed by atoms with Crippen LogP contribution in [0.2, 0.25) is 0 Å². The molecule has 2 aromatic rings. The number of aromatic nitrogens is 1. The number of hydrogen-bond donors (Lipinski definition) is 0. The summed E-state index contributed by atoms with van der Waals surface area (Å²) in [6, 6.07) is 11.9. The van der Waals surface area contributed by atoms with Crippen molar-refractivity contribution >= 4 is 11.8 Å². The number of fused-ring (bicyclic) bond motifs is 1. The number of hydrogen-bond acceptors (Lipinski definition) is 4. The molecule has 3 heterocycles. The van der Waals surface area contributed by atoms with Crippen molar-refractivity contribution in [1.29, 1.82) is 0 Å². The van der Waals surface area contributed by atoms with Crippen LogP contribution in [0.3, 0.4) is 0 Å². The van der Waals surface area contributed by atoms with Crippen molar-refractivity contribution < 1.29 is 14.1 Å². The van der Waals surface area contributed by atoms with E-state index in [9.17, 15) is 9.59 Å². The number of likely N-dealkylation sites (tertiary alicyclic amines) is 2. The molecule has 0 bridgehead atoms. The topological polar surface area (TPSA) is 66.7 Å². The van der Waals surface area contributed by atoms with Crippen LogP contribution in [0, 0.1) is 17.8 Å². The molecule has 1 aromatic carbocycles. The average molecular weight is 365 g/mol. The zero-order valence-electron chi connectivity index (χ0n) is 15.2. The molecule has 140 valence electrons. The van der Waals surface area contributed by atoms with Gasteiger partial charge >= 0.3 is 0 Å². The van der Waals surface area contributed by atoms with E-state index in [1.807, 2.05) is 23.1 Å². The van der Waals surface area contributed by atoms with Crippen molar-refractivity contribution in [2.24, 2.45) is 17.8 Å². The van der Waals surface area contributed by atoms with Crippen LogP contribution in [0.1, 0.15) is 41.4 Å². The van der Waals surface area contributed by atoms with Crippen LogP contribution in [0.15, 0.2) is 47.1 Å². The molecular weight excluding hydrogens is 342 g/mol. The third-order valence-corrected chi connectivity index (χ3v) is 6.48. The second-order valence-electron chi connectivity index (χ2n) is 7.98. The number of carbonyl (C=O) groups excluding carboxylic acids is 2. The lowest BCUT2D eigenvalue weighted by atomic mass is 9.83. The fourth-order valence-electron chi connectivity index (χ4n) is 4.89. The van der Waals surface area contributed by atoms with E-state index in [-0.39, 0.29) is 29.5 Å². The molecule has 5 rings (SSSR count). The van der Waals surface area contributed by atoms with Gasteiger partial charge in [-0.2, -0.15) is 0 Å². The molecule has 3 fully saturated rings. The molecule has 3 atom stereocenters. The van der Waals surface area contributed by atoms with Crippen LogP contribution < -0.4 is 0 Å². The van der Waals surface area contributed by atoms with E-state index in [0.717, 1.165) is 25.8 Å². The van der Waals surface area contributed by atoms with Crippen LogP contribution >= 0.6 is 0 Å². The fourth-order valence-corrected chi connectivity index (χ4v) is 4.89. The molecule has 6 heteroatoms. The molecule has 27 heavy (non-hydrogen) atoms. The minimum absolute atomic E-state index is 0.0526. The Kier molecular flexibility index (Phi) is 3.99. The van der Waals surface area contributed by atoms with Crippen molar-refractivity contribution in [1.82, 2.24) is 15.0 Å². The Morgan fingerprint density at radius 3 is 2.52 bits per heavy atom. The summed E-state index contributed by atoms with van der Waals surface area (Å²) in [7, 11) is 0. The highest BCUT2D eigenvalue weighted by Gasteiger charge is 2.51. The van der Waals surface area contributed by atoms with Crippen molar-refractivity contribution in [3.63, 3.8) is 0 Å². The molecule has 0 N–H and O–H groups in total. The summed E-state index contributed by atoms with van der Waals surface area (Å²) < 4.78 is 5.05. The fraction of sp³-hybridized carbons (Fsp3) is 0.476. The van der Waals surface area contributed by atoms with Crippen molar-refractivity contribution in [3.05, 3.63) is 53.9 Å². The van der Waals surface area contributed by atoms with Gasteiger partial charge in [0, 0.05) is 43.5 Å². The quantitative estimate of drug-likeness (QED) is 0.839. The minimum Gasteiger partial charge on any atom is -0.351 e. The normalized spacial score (nSPS) is 27.5. The molecule has 2 saturated heterocycles. The third-order valence-electron chi connectivity index (χ3n) is 6.48. The predicted octanol–water partition coefficient (Wildman–Crippen LogP) is 2.75. The predicted molar refractivity (Wildman–Crippen MR) is 97.6 cm³/mol. The summed E-state index contributed by atoms with van der Waals surface area (Å²) in [4.78, 5) is 29.7. The van der Waals surface area contributed by atoms with Crippen LogP contribution in [0.25, 0.3) is 0 Å². The number of nitrogens with zero attached hydrogens (tertiary/aromatic N) is 3. The van der Waals surface area contributed by atoms with E-state index in [2.05, 4.69) is 22.2 Å². The lowest BCUT2D eigenvalue weighted by Gasteiger charge is -2.35. The lowest BCUT2D eigenvalue weighted by molar-refractivity contribution is -0.139. The first kappa shape index (κ1) is 16.5. The van der Waals surface area contributed by atoms with E-state index in [1.165, 1.54) is 11.8 Å². The SMILES string of the molecule is O=C(c1ccno1)N1C[C@H]2CN(C(=O)C3CCC3)[C@H](c3ccccc3)[C@H]2C1. The van der Waals surface area contributed by atoms with Crippen LogP contribution in [-0.4, -0.2) is 46.4 Å². The van der Waals surface area contributed by atoms with E-state index in [0.29, 0.717) is 24.9 Å². The Bertz CT molecular complexity index is 832. The first-order chi connectivity index (χ1) is 13.2. The number of benzene rings is 1. The van der Waals surface area contributed by atoms with Crippen LogP contribution in [0.4, 0.5) is 0 Å². The molecule has 2 amide bonds. The Hall–Kier alpha value is -2.63. The average Bonchev–Trinajstić information content (AvgIpc) is 3.36. The zero-order chi connectivity index (χ0) is 18.4. The standard InChI is InChI=1S/C21H23N3O3/c25-20(15-7-4-8-15)24-12-16-11-23(21(26)18-9-10-22-27-18)13-17(16)19(24)14-5-2-1-3-6-14/h1-3,5-6,9-10,15-17,19H,4,7-8,11-13H2/t16-,17-,19+/m0/s1. The number of amides is 2. The monoisotopic (exact) mass is 365 g/mol. The number of rotatable bonds is 3. The van der Waals surface area contributed by atoms with E-state index in [4.69, 9.17) is 4.52 Å². The second-order valence-corrected chi connectivity index (χ2v) is 7.98. The maximum Gasteiger partial charge on any atom is 0.292 e. The highest BCUT2D eigenvalue weighted by atomic mass is 16.5. The smallest absolute Gasteiger partial charge is 0.292 e. The Morgan fingerprint density at radius 2 is 1.85 bits per heavy atom. The first-order valence-electron chi connectivity index (χ1n) is 9.78. The molecule has 1 saturated carbocycles. The Morgan fingerprint density at radius 1 is 1.04 bits per heavy atom. The van der Waals surface area contributed by atoms with Gasteiger partial charge in [-0.3, -0.25) is 9.59 Å². The van der Waals surface area contributed by atoms with Gasteiger partial charge in [0.2, 0.25) is 11.7 Å². The summed E-state index contributed by atoms with van der Waals surface area (Å²) in [5.74, 6) is 1.26. The minimum atomic E-state index is -0.106. The van der Waals surface area contributed by atoms with Gasteiger partial charge in [-0.25, -0.2) is 0 Å². The highest BCUT2D eigenvalue weighted by Crippen LogP contribution is 2.46. The first-order valence-corrected chi connectivity index (χ1v) is 9.78. The number of carbonyl (C=O) groups is 2. The van der Waals surface area contributed by atoms with Gasteiger partial charge in [-0.15, -0.1) is 0 Å². The molecule has 0 spiro atoms. The van der Waals surface area contributed by atoms with Crippen molar-refractivity contribution in [3.8, 4) is 0 Å². The molecule has 6 nitrogen and oxygen atoms in total. The molecule has 0 unspecified atom stereocenters. The van der Waals surface area contributed by atoms with Crippen LogP contribution in [0.5, 0.6) is 0 Å². The van der Waals surface area contributed by atoms with Crippen LogP contribution in [-0.2, 0) is 4.79 Å². The highest BCUT2D eigenvalue weighted by molar-refractivity contribution is 5.91. The zero-order valence-corrected chi connectivity index (χ0v) is 15.2. The van der Waals surface area contributed by atoms with Crippen molar-refractivity contribution in [2.45, 2.75) is 25.3 Å². The summed E-state index contributed by atoms with van der Waals surface area (Å²) in [5.41, 5.74) is 1.17. The summed E-state index contributed by atoms with van der Waals surface area (Å²) in [5, 5.41) is 3.64. The Balaban J connectivity index is 1.41. The molecular formula is C21H23N3O3. The van der Waals surface area contributed by atoms with Gasteiger partial charge in [-0.05, 0) is 18.4 Å². The van der Waals surface area contributed by atoms with E-state index in [1.54, 1.807) is 6.07 Å². The molecule has 1 aliphatic carbocycles. The summed E-state index contributed by atoms with van der Waals surface area (Å²) in [6.45, 7) is 2.06. The maximum absolute atomic E-state index is 13.1. The van der Waals surface area contributed by atoms with Gasteiger partial charge in [0.25, 0.3) is 5.91 Å². The van der Waals surface area contributed by atoms with Gasteiger partial charge in [-0.1, -0.05) is 41.9 Å². The largest absolute Gasteiger partial charge is 0.351 e. The Labute approximate surface area is 158 Å². The van der Waals surface area contributed by atoms with Gasteiger partial charge in [0.1, 0.15) is 0 Å². The molecule has 0 radical (unpaired) electrons. The maximum atomic E-state index is 13.1. The molecule has 2 aliphatic heterocycles. The van der Waals surface area contributed by atoms with Crippen molar-refractivity contribution in [2.75, 3.05) is 19.6 Å². The van der Waals surface area contributed by atoms with Gasteiger partial charge < -0.3 is 14.3 Å². The van der Waals surface area contributed by atoms with Gasteiger partial charge in [0.15, 0.2) is 0 Å².